The molecule has 0 saturated carbocycles. The van der Waals surface area contributed by atoms with Gasteiger partial charge in [0.1, 0.15) is 0 Å². The molecule has 2 nitrogen and oxygen atoms in total. The van der Waals surface area contributed by atoms with Crippen LogP contribution in [0.25, 0.3) is 0 Å². The van der Waals surface area contributed by atoms with Crippen molar-refractivity contribution < 1.29 is 5.11 Å². The van der Waals surface area contributed by atoms with Gasteiger partial charge in [-0.25, -0.2) is 0 Å². The van der Waals surface area contributed by atoms with Crippen LogP contribution < -0.4 is 5.32 Å². The third-order valence-electron chi connectivity index (χ3n) is 2.06. The van der Waals surface area contributed by atoms with E-state index in [0.29, 0.717) is 0 Å². The number of benzene rings is 1. The van der Waals surface area contributed by atoms with Gasteiger partial charge in [-0.3, -0.25) is 0 Å². The van der Waals surface area contributed by atoms with E-state index in [1.54, 1.807) is 0 Å². The highest BCUT2D eigenvalue weighted by Crippen LogP contribution is 2.01. The van der Waals surface area contributed by atoms with Crippen LogP contribution in [0.2, 0.25) is 0 Å². The molecule has 14 heavy (non-hydrogen) atoms. The topological polar surface area (TPSA) is 32.3 Å². The Bertz CT molecular complexity index is 234. The summed E-state index contributed by atoms with van der Waals surface area (Å²) in [6, 6.07) is 9.79. The Morgan fingerprint density at radius 1 is 1.14 bits per heavy atom. The number of hydrogen-bond donors (Lipinski definition) is 3. The summed E-state index contributed by atoms with van der Waals surface area (Å²) in [5.74, 6) is 0. The standard InChI is InChI=1S/C6H6S.C5H11NO/c7-6-4-2-1-3-5-6;7-5-1-3-6-4-2-5/h1-5,7H;5-7H,1-4H2. The van der Waals surface area contributed by atoms with E-state index in [1.807, 2.05) is 30.3 Å². The number of nitrogens with one attached hydrogen (secondary N) is 1. The fourth-order valence-electron chi connectivity index (χ4n) is 1.23. The summed E-state index contributed by atoms with van der Waals surface area (Å²) >= 11 is 4.08. The summed E-state index contributed by atoms with van der Waals surface area (Å²) in [4.78, 5) is 1.02. The third-order valence-corrected chi connectivity index (χ3v) is 2.36. The minimum atomic E-state index is -0.0266. The lowest BCUT2D eigenvalue weighted by molar-refractivity contribution is 0.137. The fourth-order valence-corrected chi connectivity index (χ4v) is 1.41. The number of thiol groups is 1. The Kier molecular flexibility index (Phi) is 5.68. The van der Waals surface area contributed by atoms with E-state index >= 15 is 0 Å². The molecule has 1 aromatic carbocycles. The second-order valence-corrected chi connectivity index (χ2v) is 3.83. The molecule has 0 radical (unpaired) electrons. The van der Waals surface area contributed by atoms with Crippen molar-refractivity contribution in [3.8, 4) is 0 Å². The van der Waals surface area contributed by atoms with Crippen molar-refractivity contribution >= 4 is 12.6 Å². The van der Waals surface area contributed by atoms with Crippen LogP contribution in [0, 0.1) is 0 Å². The summed E-state index contributed by atoms with van der Waals surface area (Å²) in [6.45, 7) is 1.97. The first-order chi connectivity index (χ1) is 6.79. The van der Waals surface area contributed by atoms with Crippen molar-refractivity contribution in [3.63, 3.8) is 0 Å². The Labute approximate surface area is 90.8 Å². The number of piperidine rings is 1. The molecule has 0 amide bonds. The van der Waals surface area contributed by atoms with Crippen LogP contribution in [0.5, 0.6) is 0 Å². The quantitative estimate of drug-likeness (QED) is 0.571. The summed E-state index contributed by atoms with van der Waals surface area (Å²) in [5, 5.41) is 12.0. The molecule has 0 unspecified atom stereocenters. The summed E-state index contributed by atoms with van der Waals surface area (Å²) in [5.41, 5.74) is 0. The van der Waals surface area contributed by atoms with Crippen molar-refractivity contribution in [1.82, 2.24) is 5.32 Å². The molecule has 0 bridgehead atoms. The maximum atomic E-state index is 8.87. The van der Waals surface area contributed by atoms with Gasteiger partial charge in [0.15, 0.2) is 0 Å². The van der Waals surface area contributed by atoms with E-state index in [4.69, 9.17) is 5.11 Å². The van der Waals surface area contributed by atoms with E-state index in [1.165, 1.54) is 0 Å². The van der Waals surface area contributed by atoms with Gasteiger partial charge in [-0.15, -0.1) is 12.6 Å². The van der Waals surface area contributed by atoms with Gasteiger partial charge in [0.05, 0.1) is 6.10 Å². The van der Waals surface area contributed by atoms with Crippen molar-refractivity contribution in [2.75, 3.05) is 13.1 Å². The van der Waals surface area contributed by atoms with Gasteiger partial charge in [-0.2, -0.15) is 0 Å². The Hall–Kier alpha value is -0.510. The largest absolute Gasteiger partial charge is 0.393 e. The van der Waals surface area contributed by atoms with E-state index in [9.17, 15) is 0 Å². The molecule has 1 fully saturated rings. The number of aliphatic hydroxyl groups excluding tert-OH is 1. The highest BCUT2D eigenvalue weighted by atomic mass is 32.1. The van der Waals surface area contributed by atoms with E-state index in [2.05, 4.69) is 17.9 Å². The number of hydrogen-bond acceptors (Lipinski definition) is 3. The molecule has 0 atom stereocenters. The van der Waals surface area contributed by atoms with Gasteiger partial charge < -0.3 is 10.4 Å². The average molecular weight is 211 g/mol. The summed E-state index contributed by atoms with van der Waals surface area (Å²) < 4.78 is 0. The van der Waals surface area contributed by atoms with E-state index in [-0.39, 0.29) is 6.10 Å². The van der Waals surface area contributed by atoms with Crippen LogP contribution in [0.1, 0.15) is 12.8 Å². The Morgan fingerprint density at radius 3 is 2.00 bits per heavy atom. The lowest BCUT2D eigenvalue weighted by atomic mass is 10.1. The first kappa shape index (κ1) is 11.6. The molecule has 0 spiro atoms. The molecule has 2 rings (SSSR count). The van der Waals surface area contributed by atoms with E-state index < -0.39 is 0 Å². The fraction of sp³-hybridized carbons (Fsp3) is 0.455. The second kappa shape index (κ2) is 6.87. The van der Waals surface area contributed by atoms with Crippen molar-refractivity contribution in [3.05, 3.63) is 30.3 Å². The van der Waals surface area contributed by atoms with Crippen LogP contribution in [0.4, 0.5) is 0 Å². The van der Waals surface area contributed by atoms with Crippen molar-refractivity contribution in [1.29, 1.82) is 0 Å². The number of aliphatic hydroxyl groups is 1. The van der Waals surface area contributed by atoms with Gasteiger partial charge in [0.2, 0.25) is 0 Å². The molecule has 3 heteroatoms. The zero-order valence-electron chi connectivity index (χ0n) is 8.19. The van der Waals surface area contributed by atoms with Crippen molar-refractivity contribution in [2.24, 2.45) is 0 Å². The molecule has 2 N–H and O–H groups in total. The van der Waals surface area contributed by atoms with Gasteiger partial charge in [-0.05, 0) is 38.1 Å². The lowest BCUT2D eigenvalue weighted by Gasteiger charge is -2.16. The van der Waals surface area contributed by atoms with E-state index in [0.717, 1.165) is 30.8 Å². The molecule has 0 aromatic heterocycles. The van der Waals surface area contributed by atoms with Crippen LogP contribution in [-0.4, -0.2) is 24.3 Å². The predicted octanol–water partition coefficient (Wildman–Crippen LogP) is 1.71. The molecule has 78 valence electrons. The molecule has 0 aliphatic carbocycles. The summed E-state index contributed by atoms with van der Waals surface area (Å²) in [7, 11) is 0. The monoisotopic (exact) mass is 211 g/mol. The van der Waals surface area contributed by atoms with Gasteiger partial charge in [-0.1, -0.05) is 18.2 Å². The minimum Gasteiger partial charge on any atom is -0.393 e. The van der Waals surface area contributed by atoms with Crippen LogP contribution >= 0.6 is 12.6 Å². The lowest BCUT2D eigenvalue weighted by Crippen LogP contribution is -2.30. The van der Waals surface area contributed by atoms with Crippen LogP contribution in [-0.2, 0) is 0 Å². The minimum absolute atomic E-state index is 0.0266. The SMILES string of the molecule is OC1CCNCC1.Sc1ccccc1. The normalized spacial score (nSPS) is 17.0. The molecular weight excluding hydrogens is 194 g/mol. The predicted molar refractivity (Wildman–Crippen MR) is 61.8 cm³/mol. The first-order valence-corrected chi connectivity index (χ1v) is 5.36. The zero-order chi connectivity index (χ0) is 10.2. The van der Waals surface area contributed by atoms with Gasteiger partial charge in [0, 0.05) is 4.90 Å². The molecule has 1 aromatic rings. The highest BCUT2D eigenvalue weighted by molar-refractivity contribution is 7.80. The maximum Gasteiger partial charge on any atom is 0.0564 e. The Balaban J connectivity index is 0.000000140. The average Bonchev–Trinajstić information content (AvgIpc) is 2.21. The Morgan fingerprint density at radius 2 is 1.71 bits per heavy atom. The van der Waals surface area contributed by atoms with Crippen LogP contribution in [0.15, 0.2) is 35.2 Å². The second-order valence-electron chi connectivity index (χ2n) is 3.32. The smallest absolute Gasteiger partial charge is 0.0564 e. The molecule has 1 aliphatic heterocycles. The molecular formula is C11H17NOS. The molecule has 1 saturated heterocycles. The van der Waals surface area contributed by atoms with Crippen molar-refractivity contribution in [2.45, 2.75) is 23.8 Å². The van der Waals surface area contributed by atoms with Gasteiger partial charge in [0.25, 0.3) is 0 Å². The third kappa shape index (κ3) is 5.27. The van der Waals surface area contributed by atoms with Gasteiger partial charge >= 0.3 is 0 Å². The number of rotatable bonds is 0. The summed E-state index contributed by atoms with van der Waals surface area (Å²) in [6.07, 6.45) is 1.83. The highest BCUT2D eigenvalue weighted by Gasteiger charge is 2.06. The maximum absolute atomic E-state index is 8.87. The zero-order valence-corrected chi connectivity index (χ0v) is 9.08. The van der Waals surface area contributed by atoms with Crippen LogP contribution in [0.3, 0.4) is 0 Å². The first-order valence-electron chi connectivity index (χ1n) is 4.92. The molecule has 1 heterocycles. The molecule has 1 aliphatic rings.